The minimum absolute atomic E-state index is 0.0427. The number of hydrogen-bond donors (Lipinski definition) is 6. The van der Waals surface area contributed by atoms with Crippen LogP contribution in [0.2, 0.25) is 0 Å². The number of rotatable bonds is 12. The van der Waals surface area contributed by atoms with Crippen molar-refractivity contribution in [3.8, 4) is 0 Å². The van der Waals surface area contributed by atoms with E-state index in [4.69, 9.17) is 0 Å². The molecule has 0 saturated carbocycles. The van der Waals surface area contributed by atoms with Crippen molar-refractivity contribution in [3.63, 3.8) is 0 Å². The van der Waals surface area contributed by atoms with Crippen LogP contribution in [0.15, 0.2) is 107 Å². The van der Waals surface area contributed by atoms with E-state index in [9.17, 15) is 29.4 Å². The summed E-state index contributed by atoms with van der Waals surface area (Å²) in [6.07, 6.45) is 8.81. The molecule has 4 aromatic rings. The van der Waals surface area contributed by atoms with E-state index in [0.29, 0.717) is 37.3 Å². The smallest absolute Gasteiger partial charge is 0.258 e. The molecule has 0 aliphatic carbocycles. The van der Waals surface area contributed by atoms with E-state index in [1.807, 2.05) is 111 Å². The van der Waals surface area contributed by atoms with E-state index < -0.39 is 11.8 Å². The van der Waals surface area contributed by atoms with Crippen LogP contribution in [0.25, 0.3) is 12.2 Å². The third-order valence-electron chi connectivity index (χ3n) is 12.2. The van der Waals surface area contributed by atoms with E-state index in [-0.39, 0.29) is 72.1 Å². The van der Waals surface area contributed by atoms with E-state index in [2.05, 4.69) is 21.3 Å². The van der Waals surface area contributed by atoms with Crippen LogP contribution in [0.3, 0.4) is 0 Å². The molecule has 8 atom stereocenters. The Hall–Kier alpha value is -5.40. The van der Waals surface area contributed by atoms with Crippen molar-refractivity contribution in [1.29, 1.82) is 0 Å². The second-order valence-electron chi connectivity index (χ2n) is 15.6. The Morgan fingerprint density at radius 1 is 0.638 bits per heavy atom. The highest BCUT2D eigenvalue weighted by Gasteiger charge is 2.52. The van der Waals surface area contributed by atoms with Gasteiger partial charge in [0.1, 0.15) is 0 Å². The van der Waals surface area contributed by atoms with Crippen molar-refractivity contribution in [3.05, 3.63) is 151 Å². The third kappa shape index (κ3) is 8.28. The van der Waals surface area contributed by atoms with Crippen LogP contribution in [0.5, 0.6) is 0 Å². The predicted molar refractivity (Wildman–Crippen MR) is 225 cm³/mol. The first-order valence-electron chi connectivity index (χ1n) is 20.4. The summed E-state index contributed by atoms with van der Waals surface area (Å²) in [4.78, 5) is 51.8. The summed E-state index contributed by atoms with van der Waals surface area (Å²) >= 11 is 0. The zero-order valence-electron chi connectivity index (χ0n) is 33.1. The highest BCUT2D eigenvalue weighted by molar-refractivity contribution is 5.81. The lowest BCUT2D eigenvalue weighted by Crippen LogP contribution is -2.43. The van der Waals surface area contributed by atoms with Crippen molar-refractivity contribution in [1.82, 2.24) is 30.4 Å². The van der Waals surface area contributed by atoms with Gasteiger partial charge in [-0.05, 0) is 62.1 Å². The number of hydrogen-bond acceptors (Lipinski definition) is 8. The zero-order valence-corrected chi connectivity index (χ0v) is 33.1. The summed E-state index contributed by atoms with van der Waals surface area (Å²) in [5.74, 6) is -1.39. The number of aliphatic hydroxyl groups excluding tert-OH is 2. The second-order valence-corrected chi connectivity index (χ2v) is 15.6. The number of aromatic nitrogens is 2. The predicted octanol–water partition coefficient (Wildman–Crippen LogP) is 2.98. The topological polar surface area (TPSA) is 167 Å². The normalized spacial score (nSPS) is 25.2. The number of allylic oxidation sites excluding steroid dienone is 2. The van der Waals surface area contributed by atoms with Crippen molar-refractivity contribution < 1.29 is 19.8 Å². The van der Waals surface area contributed by atoms with E-state index >= 15 is 0 Å². The lowest BCUT2D eigenvalue weighted by Gasteiger charge is -2.28. The fourth-order valence-corrected chi connectivity index (χ4v) is 9.33. The number of nitrogens with zero attached hydrogens (tertiary/aromatic N) is 2. The Kier molecular flexibility index (Phi) is 13.0. The van der Waals surface area contributed by atoms with Gasteiger partial charge in [-0.3, -0.25) is 19.2 Å². The maximum absolute atomic E-state index is 13.1. The van der Waals surface area contributed by atoms with Crippen molar-refractivity contribution in [2.24, 2.45) is 23.7 Å². The van der Waals surface area contributed by atoms with Crippen LogP contribution in [0.4, 0.5) is 0 Å². The van der Waals surface area contributed by atoms with Gasteiger partial charge in [-0.25, -0.2) is 0 Å². The zero-order chi connectivity index (χ0) is 40.8. The van der Waals surface area contributed by atoms with Crippen LogP contribution in [0, 0.1) is 23.7 Å². The van der Waals surface area contributed by atoms with Gasteiger partial charge in [-0.2, -0.15) is 0 Å². The lowest BCUT2D eigenvalue weighted by molar-refractivity contribution is -0.127. The molecule has 2 saturated heterocycles. The summed E-state index contributed by atoms with van der Waals surface area (Å²) in [5.41, 5.74) is 5.17. The molecule has 12 heteroatoms. The first kappa shape index (κ1) is 40.8. The molecule has 6 N–H and O–H groups in total. The maximum Gasteiger partial charge on any atom is 0.258 e. The molecule has 2 aromatic heterocycles. The molecule has 0 unspecified atom stereocenters. The number of carbonyl (C=O) groups is 2. The fraction of sp³-hybridized carbons (Fsp3) is 0.391. The molecule has 58 heavy (non-hydrogen) atoms. The van der Waals surface area contributed by atoms with Gasteiger partial charge < -0.3 is 40.6 Å². The van der Waals surface area contributed by atoms with E-state index in [0.717, 1.165) is 24.2 Å². The summed E-state index contributed by atoms with van der Waals surface area (Å²) < 4.78 is 3.53. The number of carbonyl (C=O) groups excluding carboxylic acids is 2. The second kappa shape index (κ2) is 18.5. The summed E-state index contributed by atoms with van der Waals surface area (Å²) in [6, 6.07) is 26.8. The minimum atomic E-state index is -0.401. The Morgan fingerprint density at radius 2 is 1.03 bits per heavy atom. The standard InChI is InChI=1S/2C23H27N3O3/c2*1-2-6-16-9-10-19-21-20(17(14-27)18(25-21)13-26(19)23(16)29)22(28)24-12-11-15-7-4-3-5-8-15/h2*2-10,17-18,20-21,25,27H,11-14H2,1H3,(H,24,28)/b6-2+;6-2-/t2*17-,18-,20+,21+/m00/s1. The van der Waals surface area contributed by atoms with Crippen molar-refractivity contribution >= 4 is 24.0 Å². The number of fused-ring (bicyclic) bond motifs is 8. The van der Waals surface area contributed by atoms with Crippen molar-refractivity contribution in [2.45, 2.75) is 63.9 Å². The first-order chi connectivity index (χ1) is 28.3. The molecule has 4 aliphatic heterocycles. The summed E-state index contributed by atoms with van der Waals surface area (Å²) in [7, 11) is 0. The van der Waals surface area contributed by atoms with Gasteiger partial charge in [0.25, 0.3) is 11.1 Å². The number of nitrogens with one attached hydrogen (secondary N) is 4. The van der Waals surface area contributed by atoms with Gasteiger partial charge in [-0.15, -0.1) is 0 Å². The SMILES string of the molecule is C/C=C/c1ccc2n(c1=O)C[C@@H]1N[C@H]2[C@H](C(=O)NCCc2ccccc2)[C@H]1CO.C/C=C\c1ccc2n(c1=O)C[C@@H]1N[C@H]2[C@H](C(=O)NCCc2ccccc2)[C@H]1CO. The monoisotopic (exact) mass is 786 g/mol. The maximum atomic E-state index is 13.1. The molecule has 0 radical (unpaired) electrons. The molecule has 0 spiro atoms. The largest absolute Gasteiger partial charge is 0.396 e. The Bertz CT molecular complexity index is 2090. The Labute approximate surface area is 338 Å². The van der Waals surface area contributed by atoms with Crippen LogP contribution in [0.1, 0.15) is 59.6 Å². The molecule has 2 amide bonds. The first-order valence-corrected chi connectivity index (χ1v) is 20.4. The van der Waals surface area contributed by atoms with Crippen LogP contribution >= 0.6 is 0 Å². The van der Waals surface area contributed by atoms with Gasteiger partial charge in [0.15, 0.2) is 0 Å². The molecule has 304 valence electrons. The average Bonchev–Trinajstić information content (AvgIpc) is 3.71. The molecular formula is C46H54N6O6. The summed E-state index contributed by atoms with van der Waals surface area (Å²) in [5, 5.41) is 33.0. The van der Waals surface area contributed by atoms with Gasteiger partial charge in [0.05, 0.1) is 23.9 Å². The molecule has 2 aromatic carbocycles. The van der Waals surface area contributed by atoms with E-state index in [1.165, 1.54) is 11.1 Å². The number of benzene rings is 2. The Morgan fingerprint density at radius 3 is 1.40 bits per heavy atom. The molecular weight excluding hydrogens is 733 g/mol. The summed E-state index contributed by atoms with van der Waals surface area (Å²) in [6.45, 7) is 5.61. The van der Waals surface area contributed by atoms with Gasteiger partial charge >= 0.3 is 0 Å². The van der Waals surface area contributed by atoms with Gasteiger partial charge in [0, 0.05) is 85.8 Å². The van der Waals surface area contributed by atoms with Gasteiger partial charge in [-0.1, -0.05) is 85.0 Å². The number of aliphatic hydroxyl groups is 2. The van der Waals surface area contributed by atoms with Crippen molar-refractivity contribution in [2.75, 3.05) is 26.3 Å². The Balaban J connectivity index is 0.000000177. The van der Waals surface area contributed by atoms with Crippen LogP contribution in [-0.4, -0.2) is 69.5 Å². The molecule has 8 rings (SSSR count). The average molecular weight is 787 g/mol. The third-order valence-corrected chi connectivity index (χ3v) is 12.2. The minimum Gasteiger partial charge on any atom is -0.396 e. The molecule has 4 aliphatic rings. The lowest BCUT2D eigenvalue weighted by atomic mass is 9.86. The van der Waals surface area contributed by atoms with Crippen LogP contribution in [-0.2, 0) is 35.5 Å². The molecule has 12 nitrogen and oxygen atoms in total. The van der Waals surface area contributed by atoms with Gasteiger partial charge in [0.2, 0.25) is 11.8 Å². The quantitative estimate of drug-likeness (QED) is 0.128. The highest BCUT2D eigenvalue weighted by Crippen LogP contribution is 2.42. The van der Waals surface area contributed by atoms with E-state index in [1.54, 1.807) is 21.3 Å². The molecule has 2 fully saturated rings. The fourth-order valence-electron chi connectivity index (χ4n) is 9.33. The number of amides is 2. The van der Waals surface area contributed by atoms with Crippen LogP contribution < -0.4 is 32.4 Å². The highest BCUT2D eigenvalue weighted by atomic mass is 16.3. The molecule has 4 bridgehead atoms. The molecule has 6 heterocycles. The number of pyridine rings is 2.